The quantitative estimate of drug-likeness (QED) is 0.470. The van der Waals surface area contributed by atoms with Crippen LogP contribution in [0, 0.1) is 11.2 Å². The molecule has 1 aliphatic rings. The molecule has 1 fully saturated rings. The Balaban J connectivity index is 1.41. The molecule has 3 aromatic heterocycles. The summed E-state index contributed by atoms with van der Waals surface area (Å²) in [5.74, 6) is -0.00783. The number of fused-ring (bicyclic) bond motifs is 1. The Morgan fingerprint density at radius 2 is 2.07 bits per heavy atom. The molecule has 8 heteroatoms. The molecule has 1 N–H and O–H groups in total. The average molecular weight is 422 g/mol. The lowest BCUT2D eigenvalue weighted by Gasteiger charge is -2.12. The van der Waals surface area contributed by atoms with E-state index in [0.717, 1.165) is 33.6 Å². The number of thiophene rings is 1. The maximum Gasteiger partial charge on any atom is 0.230 e. The van der Waals surface area contributed by atoms with Crippen molar-refractivity contribution in [1.29, 1.82) is 0 Å². The molecule has 6 nitrogen and oxygen atoms in total. The third kappa shape index (κ3) is 3.43. The number of nitrogens with one attached hydrogen (secondary N) is 1. The van der Waals surface area contributed by atoms with Crippen molar-refractivity contribution in [2.75, 3.05) is 5.32 Å². The molecular formula is C22H19FN4O2S. The van der Waals surface area contributed by atoms with Crippen molar-refractivity contribution < 1.29 is 13.9 Å². The monoisotopic (exact) mass is 422 g/mol. The molecule has 1 aliphatic carbocycles. The van der Waals surface area contributed by atoms with Gasteiger partial charge in [0.1, 0.15) is 5.75 Å². The first-order valence-corrected chi connectivity index (χ1v) is 10.4. The van der Waals surface area contributed by atoms with E-state index in [0.29, 0.717) is 11.4 Å². The van der Waals surface area contributed by atoms with Crippen LogP contribution in [0.15, 0.2) is 49.1 Å². The number of pyridine rings is 1. The number of halogens is 1. The van der Waals surface area contributed by atoms with Gasteiger partial charge in [-0.05, 0) is 31.0 Å². The molecule has 0 radical (unpaired) electrons. The van der Waals surface area contributed by atoms with Crippen LogP contribution < -0.4 is 10.1 Å². The molecule has 4 aromatic rings. The number of ether oxygens (including phenoxy) is 1. The standard InChI is InChI=1S/C22H19FN4O2S/c1-22(6-7-22)21(28)26-13-3-4-17(14(23)9-13)29-18-5-8-24-15-10-19(30-20(15)18)16-11-27(2)12-25-16/h3-5,8-12H,6-7H2,1-2H3,(H,26,28). The van der Waals surface area contributed by atoms with Gasteiger partial charge in [0.05, 0.1) is 27.1 Å². The highest BCUT2D eigenvalue weighted by Crippen LogP contribution is 2.46. The van der Waals surface area contributed by atoms with Gasteiger partial charge in [0.2, 0.25) is 5.91 Å². The van der Waals surface area contributed by atoms with Crippen molar-refractivity contribution >= 4 is 33.1 Å². The third-order valence-electron chi connectivity index (χ3n) is 5.29. The SMILES string of the molecule is Cn1cnc(-c2cc3nccc(Oc4ccc(NC(=O)C5(C)CC5)cc4F)c3s2)c1. The van der Waals surface area contributed by atoms with Crippen LogP contribution in [0.5, 0.6) is 11.5 Å². The van der Waals surface area contributed by atoms with Crippen LogP contribution in [-0.2, 0) is 11.8 Å². The van der Waals surface area contributed by atoms with Gasteiger partial charge >= 0.3 is 0 Å². The molecule has 0 aliphatic heterocycles. The first kappa shape index (κ1) is 18.7. The molecule has 1 aromatic carbocycles. The van der Waals surface area contributed by atoms with E-state index in [1.54, 1.807) is 24.7 Å². The van der Waals surface area contributed by atoms with Crippen LogP contribution in [0.4, 0.5) is 10.1 Å². The Morgan fingerprint density at radius 3 is 2.77 bits per heavy atom. The molecule has 0 atom stereocenters. The number of rotatable bonds is 5. The molecule has 0 spiro atoms. The summed E-state index contributed by atoms with van der Waals surface area (Å²) in [5.41, 5.74) is 1.72. The van der Waals surface area contributed by atoms with Gasteiger partial charge in [-0.2, -0.15) is 0 Å². The Labute approximate surface area is 176 Å². The largest absolute Gasteiger partial charge is 0.453 e. The number of nitrogens with zero attached hydrogens (tertiary/aromatic N) is 3. The summed E-state index contributed by atoms with van der Waals surface area (Å²) >= 11 is 1.49. The summed E-state index contributed by atoms with van der Waals surface area (Å²) in [7, 11) is 1.91. The van der Waals surface area contributed by atoms with Gasteiger partial charge in [0.25, 0.3) is 0 Å². The number of hydrogen-bond acceptors (Lipinski definition) is 5. The van der Waals surface area contributed by atoms with Crippen LogP contribution in [-0.4, -0.2) is 20.4 Å². The Hall–Kier alpha value is -3.26. The Kier molecular flexibility index (Phi) is 4.32. The lowest BCUT2D eigenvalue weighted by atomic mass is 10.1. The van der Waals surface area contributed by atoms with Crippen LogP contribution in [0.3, 0.4) is 0 Å². The van der Waals surface area contributed by atoms with Crippen LogP contribution >= 0.6 is 11.3 Å². The van der Waals surface area contributed by atoms with E-state index in [-0.39, 0.29) is 17.1 Å². The highest BCUT2D eigenvalue weighted by molar-refractivity contribution is 7.22. The predicted molar refractivity (Wildman–Crippen MR) is 114 cm³/mol. The topological polar surface area (TPSA) is 69.0 Å². The van der Waals surface area contributed by atoms with Crippen molar-refractivity contribution in [3.63, 3.8) is 0 Å². The summed E-state index contributed by atoms with van der Waals surface area (Å²) in [6, 6.07) is 8.12. The van der Waals surface area contributed by atoms with E-state index in [4.69, 9.17) is 4.74 Å². The molecule has 3 heterocycles. The van der Waals surface area contributed by atoms with Gasteiger partial charge in [-0.25, -0.2) is 9.37 Å². The number of benzene rings is 1. The van der Waals surface area contributed by atoms with Gasteiger partial charge in [0, 0.05) is 42.7 Å². The zero-order valence-corrected chi connectivity index (χ0v) is 17.3. The molecule has 0 bridgehead atoms. The number of amides is 1. The van der Waals surface area contributed by atoms with E-state index in [2.05, 4.69) is 15.3 Å². The fourth-order valence-electron chi connectivity index (χ4n) is 3.14. The molecule has 1 saturated carbocycles. The zero-order chi connectivity index (χ0) is 20.9. The molecule has 152 valence electrons. The van der Waals surface area contributed by atoms with Crippen LogP contribution in [0.1, 0.15) is 19.8 Å². The highest BCUT2D eigenvalue weighted by Gasteiger charge is 2.44. The Morgan fingerprint density at radius 1 is 1.23 bits per heavy atom. The van der Waals surface area contributed by atoms with Gasteiger partial charge in [0.15, 0.2) is 11.6 Å². The number of aromatic nitrogens is 3. The minimum atomic E-state index is -0.541. The lowest BCUT2D eigenvalue weighted by molar-refractivity contribution is -0.120. The van der Waals surface area contributed by atoms with E-state index >= 15 is 0 Å². The molecule has 0 saturated heterocycles. The van der Waals surface area contributed by atoms with E-state index in [9.17, 15) is 9.18 Å². The maximum atomic E-state index is 14.7. The fourth-order valence-corrected chi connectivity index (χ4v) is 4.16. The number of anilines is 1. The van der Waals surface area contributed by atoms with Crippen LogP contribution in [0.25, 0.3) is 20.8 Å². The minimum Gasteiger partial charge on any atom is -0.453 e. The second kappa shape index (κ2) is 6.91. The minimum absolute atomic E-state index is 0.0768. The summed E-state index contributed by atoms with van der Waals surface area (Å²) in [6.07, 6.45) is 7.03. The van der Waals surface area contributed by atoms with Crippen molar-refractivity contribution in [3.8, 4) is 22.1 Å². The van der Waals surface area contributed by atoms with E-state index in [1.807, 2.05) is 30.8 Å². The average Bonchev–Trinajstić information content (AvgIpc) is 3.12. The van der Waals surface area contributed by atoms with Gasteiger partial charge in [-0.3, -0.25) is 9.78 Å². The smallest absolute Gasteiger partial charge is 0.230 e. The summed E-state index contributed by atoms with van der Waals surface area (Å²) in [6.45, 7) is 1.91. The van der Waals surface area contributed by atoms with E-state index < -0.39 is 5.82 Å². The van der Waals surface area contributed by atoms with Gasteiger partial charge in [-0.1, -0.05) is 6.92 Å². The van der Waals surface area contributed by atoms with Crippen molar-refractivity contribution in [2.45, 2.75) is 19.8 Å². The summed E-state index contributed by atoms with van der Waals surface area (Å²) < 4.78 is 23.2. The summed E-state index contributed by atoms with van der Waals surface area (Å²) in [5, 5.41) is 2.78. The highest BCUT2D eigenvalue weighted by atomic mass is 32.1. The fraction of sp³-hybridized carbons (Fsp3) is 0.227. The third-order valence-corrected chi connectivity index (χ3v) is 6.45. The predicted octanol–water partition coefficient (Wildman–Crippen LogP) is 5.37. The molecule has 0 unspecified atom stereocenters. The number of carbonyl (C=O) groups excluding carboxylic acids is 1. The van der Waals surface area contributed by atoms with Crippen molar-refractivity contribution in [1.82, 2.24) is 14.5 Å². The maximum absolute atomic E-state index is 14.7. The van der Waals surface area contributed by atoms with Gasteiger partial charge < -0.3 is 14.6 Å². The first-order chi connectivity index (χ1) is 14.4. The second-order valence-electron chi connectivity index (χ2n) is 7.82. The number of aryl methyl sites for hydroxylation is 1. The van der Waals surface area contributed by atoms with E-state index in [1.165, 1.54) is 23.5 Å². The number of hydrogen-bond donors (Lipinski definition) is 1. The number of carbonyl (C=O) groups is 1. The van der Waals surface area contributed by atoms with Crippen LogP contribution in [0.2, 0.25) is 0 Å². The molecule has 1 amide bonds. The van der Waals surface area contributed by atoms with Crippen molar-refractivity contribution in [2.24, 2.45) is 12.5 Å². The molecule has 5 rings (SSSR count). The lowest BCUT2D eigenvalue weighted by Crippen LogP contribution is -2.21. The Bertz CT molecular complexity index is 1280. The zero-order valence-electron chi connectivity index (χ0n) is 16.5. The first-order valence-electron chi connectivity index (χ1n) is 9.57. The van der Waals surface area contributed by atoms with Gasteiger partial charge in [-0.15, -0.1) is 11.3 Å². The normalized spacial score (nSPS) is 14.6. The molecular weight excluding hydrogens is 403 g/mol. The van der Waals surface area contributed by atoms with Crippen molar-refractivity contribution in [3.05, 3.63) is 54.9 Å². The second-order valence-corrected chi connectivity index (χ2v) is 8.87. The summed E-state index contributed by atoms with van der Waals surface area (Å²) in [4.78, 5) is 21.9. The number of imidazole rings is 1. The molecule has 30 heavy (non-hydrogen) atoms.